The number of carbonyl (C=O) groups excluding carboxylic acids is 2. The molecule has 166 valence electrons. The van der Waals surface area contributed by atoms with Gasteiger partial charge >= 0.3 is 11.7 Å². The summed E-state index contributed by atoms with van der Waals surface area (Å²) in [6.45, 7) is 4.93. The molecule has 12 heteroatoms. The zero-order valence-electron chi connectivity index (χ0n) is 17.1. The van der Waals surface area contributed by atoms with Crippen LogP contribution in [-0.4, -0.2) is 37.7 Å². The average Bonchev–Trinajstić information content (AvgIpc) is 3.07. The summed E-state index contributed by atoms with van der Waals surface area (Å²) in [5, 5.41) is 17.5. The lowest BCUT2D eigenvalue weighted by atomic mass is 10.2. The van der Waals surface area contributed by atoms with E-state index in [1.807, 2.05) is 19.9 Å². The predicted molar refractivity (Wildman–Crippen MR) is 112 cm³/mol. The molecule has 1 unspecified atom stereocenters. The lowest BCUT2D eigenvalue weighted by Crippen LogP contribution is -2.30. The number of nitrogens with one attached hydrogen (secondary N) is 1. The molecule has 0 aliphatic rings. The van der Waals surface area contributed by atoms with Crippen molar-refractivity contribution in [2.24, 2.45) is 0 Å². The Kier molecular flexibility index (Phi) is 6.49. The quantitative estimate of drug-likeness (QED) is 0.336. The van der Waals surface area contributed by atoms with Gasteiger partial charge in [0.15, 0.2) is 17.6 Å². The predicted octanol–water partition coefficient (Wildman–Crippen LogP) is 3.77. The number of anilines is 1. The van der Waals surface area contributed by atoms with Gasteiger partial charge in [0, 0.05) is 17.4 Å². The summed E-state index contributed by atoms with van der Waals surface area (Å²) in [4.78, 5) is 39.0. The molecule has 0 bridgehead atoms. The Balaban J connectivity index is 1.75. The van der Waals surface area contributed by atoms with Crippen LogP contribution in [0.4, 0.5) is 15.8 Å². The highest BCUT2D eigenvalue weighted by atomic mass is 35.5. The number of hydrogen-bond acceptors (Lipinski definition) is 7. The number of aromatic nitrogens is 3. The van der Waals surface area contributed by atoms with E-state index in [4.69, 9.17) is 16.3 Å². The summed E-state index contributed by atoms with van der Waals surface area (Å²) in [6, 6.07) is 7.72. The summed E-state index contributed by atoms with van der Waals surface area (Å²) in [6.07, 6.45) is -1.30. The molecule has 3 aromatic rings. The molecule has 1 N–H and O–H groups in total. The van der Waals surface area contributed by atoms with Gasteiger partial charge in [-0.15, -0.1) is 0 Å². The number of benzene rings is 1. The van der Waals surface area contributed by atoms with Crippen LogP contribution in [0.25, 0.3) is 5.82 Å². The Morgan fingerprint density at radius 3 is 2.59 bits per heavy atom. The van der Waals surface area contributed by atoms with Crippen LogP contribution in [0.2, 0.25) is 5.02 Å². The third-order valence-electron chi connectivity index (χ3n) is 4.31. The summed E-state index contributed by atoms with van der Waals surface area (Å²) in [5.74, 6) is -2.45. The number of nitrogens with zero attached hydrogens (tertiary/aromatic N) is 4. The molecule has 1 amide bonds. The number of amides is 1. The second-order valence-electron chi connectivity index (χ2n) is 6.80. The van der Waals surface area contributed by atoms with Gasteiger partial charge in [0.1, 0.15) is 0 Å². The summed E-state index contributed by atoms with van der Waals surface area (Å²) >= 11 is 6.09. The van der Waals surface area contributed by atoms with Crippen LogP contribution >= 0.6 is 11.6 Å². The average molecular weight is 462 g/mol. The molecule has 1 aromatic carbocycles. The highest BCUT2D eigenvalue weighted by Crippen LogP contribution is 2.22. The molecule has 10 nitrogen and oxygen atoms in total. The number of carbonyl (C=O) groups is 2. The molecular weight excluding hydrogens is 445 g/mol. The molecule has 32 heavy (non-hydrogen) atoms. The number of rotatable bonds is 6. The second kappa shape index (κ2) is 9.10. The summed E-state index contributed by atoms with van der Waals surface area (Å²) in [7, 11) is 0. The number of esters is 1. The van der Waals surface area contributed by atoms with Crippen LogP contribution < -0.4 is 5.32 Å². The number of nitro groups is 1. The van der Waals surface area contributed by atoms with Gasteiger partial charge in [0.25, 0.3) is 5.91 Å². The molecule has 0 spiro atoms. The fourth-order valence-electron chi connectivity index (χ4n) is 2.80. The molecule has 0 aliphatic carbocycles. The molecule has 1 atom stereocenters. The zero-order chi connectivity index (χ0) is 23.6. The molecule has 3 rings (SSSR count). The van der Waals surface area contributed by atoms with Crippen molar-refractivity contribution in [3.05, 3.63) is 74.4 Å². The van der Waals surface area contributed by atoms with E-state index in [1.54, 1.807) is 6.07 Å². The van der Waals surface area contributed by atoms with Gasteiger partial charge in [-0.2, -0.15) is 9.49 Å². The molecule has 0 saturated carbocycles. The number of nitro benzene ring substituents is 1. The minimum atomic E-state index is -1.30. The largest absolute Gasteiger partial charge is 0.448 e. The first-order chi connectivity index (χ1) is 15.1. The third kappa shape index (κ3) is 4.89. The fraction of sp³-hybridized carbons (Fsp3) is 0.200. The van der Waals surface area contributed by atoms with Crippen molar-refractivity contribution in [3.8, 4) is 5.82 Å². The maximum atomic E-state index is 13.4. The van der Waals surface area contributed by atoms with Gasteiger partial charge in [-0.25, -0.2) is 14.5 Å². The summed E-state index contributed by atoms with van der Waals surface area (Å²) in [5.41, 5.74) is 0.499. The minimum absolute atomic E-state index is 0.0158. The standard InChI is InChI=1S/C20H17ClFN5O5/c1-10-8-11(2)26(25-10)17-7-5-14(21)18(24-17)20(29)32-12(3)19(28)23-13-4-6-15(22)16(9-13)27(30)31/h4-9,12H,1-3H3,(H,23,28). The van der Waals surface area contributed by atoms with Gasteiger partial charge in [-0.1, -0.05) is 11.6 Å². The topological polar surface area (TPSA) is 129 Å². The Bertz CT molecular complexity index is 1230. The van der Waals surface area contributed by atoms with E-state index in [-0.39, 0.29) is 16.4 Å². The maximum absolute atomic E-state index is 13.4. The molecule has 0 fully saturated rings. The first kappa shape index (κ1) is 22.8. The minimum Gasteiger partial charge on any atom is -0.448 e. The van der Waals surface area contributed by atoms with Gasteiger partial charge in [-0.05, 0) is 51.1 Å². The second-order valence-corrected chi connectivity index (χ2v) is 7.21. The van der Waals surface area contributed by atoms with Crippen molar-refractivity contribution < 1.29 is 23.6 Å². The van der Waals surface area contributed by atoms with Gasteiger partial charge < -0.3 is 10.1 Å². The molecular formula is C20H17ClFN5O5. The van der Waals surface area contributed by atoms with Gasteiger partial charge in [-0.3, -0.25) is 14.9 Å². The highest BCUT2D eigenvalue weighted by Gasteiger charge is 2.24. The number of aryl methyl sites for hydroxylation is 2. The molecule has 0 saturated heterocycles. The van der Waals surface area contributed by atoms with Crippen LogP contribution in [0.1, 0.15) is 28.8 Å². The number of halogens is 2. The molecule has 2 aromatic heterocycles. The van der Waals surface area contributed by atoms with E-state index < -0.39 is 34.4 Å². The first-order valence-electron chi connectivity index (χ1n) is 9.22. The van der Waals surface area contributed by atoms with Crippen molar-refractivity contribution >= 4 is 34.9 Å². The maximum Gasteiger partial charge on any atom is 0.359 e. The Morgan fingerprint density at radius 1 is 1.25 bits per heavy atom. The van der Waals surface area contributed by atoms with E-state index in [1.165, 1.54) is 17.7 Å². The fourth-order valence-corrected chi connectivity index (χ4v) is 2.98. The third-order valence-corrected chi connectivity index (χ3v) is 4.62. The van der Waals surface area contributed by atoms with Crippen molar-refractivity contribution in [2.75, 3.05) is 5.32 Å². The SMILES string of the molecule is Cc1cc(C)n(-c2ccc(Cl)c(C(=O)OC(C)C(=O)Nc3ccc(F)c([N+](=O)[O-])c3)n2)n1. The van der Waals surface area contributed by atoms with Gasteiger partial charge in [0.05, 0.1) is 15.6 Å². The van der Waals surface area contributed by atoms with Crippen molar-refractivity contribution in [1.29, 1.82) is 0 Å². The number of hydrogen-bond donors (Lipinski definition) is 1. The normalized spacial score (nSPS) is 11.7. The lowest BCUT2D eigenvalue weighted by Gasteiger charge is -2.14. The number of pyridine rings is 1. The zero-order valence-corrected chi connectivity index (χ0v) is 17.9. The van der Waals surface area contributed by atoms with E-state index in [0.29, 0.717) is 5.82 Å². The molecule has 2 heterocycles. The van der Waals surface area contributed by atoms with E-state index >= 15 is 0 Å². The van der Waals surface area contributed by atoms with Crippen LogP contribution in [0.3, 0.4) is 0 Å². The van der Waals surface area contributed by atoms with E-state index in [9.17, 15) is 24.1 Å². The molecule has 0 radical (unpaired) electrons. The van der Waals surface area contributed by atoms with Crippen LogP contribution in [-0.2, 0) is 9.53 Å². The Labute approximate surface area is 186 Å². The van der Waals surface area contributed by atoms with E-state index in [2.05, 4.69) is 15.4 Å². The number of ether oxygens (including phenoxy) is 1. The van der Waals surface area contributed by atoms with Gasteiger partial charge in [0.2, 0.25) is 5.82 Å². The molecule has 0 aliphatic heterocycles. The van der Waals surface area contributed by atoms with Crippen LogP contribution in [0.15, 0.2) is 36.4 Å². The smallest absolute Gasteiger partial charge is 0.359 e. The first-order valence-corrected chi connectivity index (χ1v) is 9.60. The Morgan fingerprint density at radius 2 is 1.97 bits per heavy atom. The lowest BCUT2D eigenvalue weighted by molar-refractivity contribution is -0.387. The van der Waals surface area contributed by atoms with Crippen molar-refractivity contribution in [3.63, 3.8) is 0 Å². The van der Waals surface area contributed by atoms with Crippen LogP contribution in [0.5, 0.6) is 0 Å². The van der Waals surface area contributed by atoms with Crippen molar-refractivity contribution in [2.45, 2.75) is 26.9 Å². The Hall–Kier alpha value is -3.86. The van der Waals surface area contributed by atoms with Crippen LogP contribution in [0, 0.1) is 29.8 Å². The monoisotopic (exact) mass is 461 g/mol. The van der Waals surface area contributed by atoms with E-state index in [0.717, 1.165) is 29.6 Å². The van der Waals surface area contributed by atoms with Crippen molar-refractivity contribution in [1.82, 2.24) is 14.8 Å². The highest BCUT2D eigenvalue weighted by molar-refractivity contribution is 6.33. The summed E-state index contributed by atoms with van der Waals surface area (Å²) < 4.78 is 20.1.